The van der Waals surface area contributed by atoms with Gasteiger partial charge in [0.2, 0.25) is 5.91 Å². The highest BCUT2D eigenvalue weighted by molar-refractivity contribution is 7.17. The summed E-state index contributed by atoms with van der Waals surface area (Å²) in [6.07, 6.45) is 9.25. The Hall–Kier alpha value is -2.15. The molecule has 0 spiro atoms. The minimum atomic E-state index is -0.927. The Labute approximate surface area is 174 Å². The number of anilines is 1. The number of rotatable bonds is 5. The number of carbonyl (C=O) groups excluding carboxylic acids is 2. The lowest BCUT2D eigenvalue weighted by Crippen LogP contribution is -2.36. The van der Waals surface area contributed by atoms with E-state index in [1.54, 1.807) is 13.8 Å². The van der Waals surface area contributed by atoms with Gasteiger partial charge < -0.3 is 15.2 Å². The molecule has 1 aromatic rings. The smallest absolute Gasteiger partial charge is 0.341 e. The van der Waals surface area contributed by atoms with Gasteiger partial charge in [0.05, 0.1) is 23.5 Å². The van der Waals surface area contributed by atoms with Gasteiger partial charge in [-0.2, -0.15) is 0 Å². The quantitative estimate of drug-likeness (QED) is 0.428. The van der Waals surface area contributed by atoms with E-state index in [9.17, 15) is 19.5 Å². The number of aryl methyl sites for hydroxylation is 1. The number of fused-ring (bicyclic) bond motifs is 3. The van der Waals surface area contributed by atoms with Gasteiger partial charge in [0.25, 0.3) is 0 Å². The molecule has 7 heteroatoms. The van der Waals surface area contributed by atoms with Crippen molar-refractivity contribution >= 4 is 34.2 Å². The number of amides is 1. The van der Waals surface area contributed by atoms with Crippen LogP contribution in [0.1, 0.15) is 60.3 Å². The van der Waals surface area contributed by atoms with Crippen molar-refractivity contribution in [1.82, 2.24) is 0 Å². The maximum absolute atomic E-state index is 13.1. The van der Waals surface area contributed by atoms with Crippen LogP contribution in [0.25, 0.3) is 0 Å². The summed E-state index contributed by atoms with van der Waals surface area (Å²) < 4.78 is 5.47. The highest BCUT2D eigenvalue weighted by Gasteiger charge is 2.51. The molecule has 1 fully saturated rings. The molecule has 6 nitrogen and oxygen atoms in total. The molecule has 0 aromatic carbocycles. The third-order valence-corrected chi connectivity index (χ3v) is 7.46. The van der Waals surface area contributed by atoms with Crippen molar-refractivity contribution in [1.29, 1.82) is 0 Å². The first-order valence-corrected chi connectivity index (χ1v) is 11.3. The molecular weight excluding hydrogens is 390 g/mol. The van der Waals surface area contributed by atoms with Gasteiger partial charge in [-0.3, -0.25) is 9.59 Å². The Morgan fingerprint density at radius 2 is 1.79 bits per heavy atom. The highest BCUT2D eigenvalue weighted by Crippen LogP contribution is 2.49. The topological polar surface area (TPSA) is 92.7 Å². The maximum atomic E-state index is 13.1. The molecule has 0 saturated heterocycles. The van der Waals surface area contributed by atoms with Gasteiger partial charge in [-0.05, 0) is 63.4 Å². The van der Waals surface area contributed by atoms with Crippen LogP contribution in [0.4, 0.5) is 5.00 Å². The number of aliphatic carboxylic acids is 1. The standard InChI is InChI=1S/C22H27NO5S/c1-11(2)28-22(27)18-14-6-4-3-5-7-15(14)29-20(18)23-19(24)16-12-8-9-13(10-12)17(16)21(25)26/h8-9,11-13,16-17H,3-7,10H2,1-2H3,(H,23,24)(H,25,26)/t12-,13-,16-,17-/m0/s1. The van der Waals surface area contributed by atoms with Crippen molar-refractivity contribution in [2.45, 2.75) is 58.5 Å². The molecule has 156 valence electrons. The fourth-order valence-electron chi connectivity index (χ4n) is 5.03. The number of thiophene rings is 1. The zero-order chi connectivity index (χ0) is 20.7. The van der Waals surface area contributed by atoms with Crippen LogP contribution < -0.4 is 5.32 Å². The van der Waals surface area contributed by atoms with Gasteiger partial charge in [-0.1, -0.05) is 18.6 Å². The fourth-order valence-corrected chi connectivity index (χ4v) is 6.31. The monoisotopic (exact) mass is 417 g/mol. The molecule has 2 N–H and O–H groups in total. The number of nitrogens with one attached hydrogen (secondary N) is 1. The maximum Gasteiger partial charge on any atom is 0.341 e. The number of ether oxygens (including phenoxy) is 1. The first-order valence-electron chi connectivity index (χ1n) is 10.4. The number of esters is 1. The summed E-state index contributed by atoms with van der Waals surface area (Å²) in [7, 11) is 0. The molecule has 4 atom stereocenters. The Bertz CT molecular complexity index is 871. The number of hydrogen-bond acceptors (Lipinski definition) is 5. The van der Waals surface area contributed by atoms with Crippen molar-refractivity contribution < 1.29 is 24.2 Å². The average molecular weight is 418 g/mol. The van der Waals surface area contributed by atoms with Crippen LogP contribution >= 0.6 is 11.3 Å². The summed E-state index contributed by atoms with van der Waals surface area (Å²) in [5.41, 5.74) is 1.47. The Morgan fingerprint density at radius 3 is 2.48 bits per heavy atom. The van der Waals surface area contributed by atoms with Gasteiger partial charge in [0.15, 0.2) is 0 Å². The first-order chi connectivity index (χ1) is 13.9. The van der Waals surface area contributed by atoms with Crippen LogP contribution in [-0.4, -0.2) is 29.1 Å². The van der Waals surface area contributed by atoms with E-state index in [2.05, 4.69) is 5.32 Å². The number of carboxylic acids is 1. The summed E-state index contributed by atoms with van der Waals surface area (Å²) in [6.45, 7) is 3.61. The minimum absolute atomic E-state index is 0.0510. The zero-order valence-electron chi connectivity index (χ0n) is 16.8. The van der Waals surface area contributed by atoms with Crippen molar-refractivity contribution in [2.75, 3.05) is 5.32 Å². The molecule has 3 aliphatic rings. The van der Waals surface area contributed by atoms with Crippen molar-refractivity contribution in [3.05, 3.63) is 28.2 Å². The lowest BCUT2D eigenvalue weighted by atomic mass is 9.82. The second kappa shape index (κ2) is 7.94. The van der Waals surface area contributed by atoms with E-state index in [1.807, 2.05) is 12.2 Å². The van der Waals surface area contributed by atoms with E-state index in [0.717, 1.165) is 42.5 Å². The molecule has 1 heterocycles. The van der Waals surface area contributed by atoms with Crippen molar-refractivity contribution in [3.63, 3.8) is 0 Å². The third kappa shape index (κ3) is 3.72. The summed E-state index contributed by atoms with van der Waals surface area (Å²) in [5, 5.41) is 13.1. The van der Waals surface area contributed by atoms with E-state index in [4.69, 9.17) is 4.74 Å². The van der Waals surface area contributed by atoms with Crippen molar-refractivity contribution in [3.8, 4) is 0 Å². The van der Waals surface area contributed by atoms with Crippen LogP contribution in [0.3, 0.4) is 0 Å². The molecule has 1 saturated carbocycles. The molecule has 1 amide bonds. The van der Waals surface area contributed by atoms with Gasteiger partial charge in [0, 0.05) is 4.88 Å². The van der Waals surface area contributed by atoms with Gasteiger partial charge in [-0.25, -0.2) is 4.79 Å². The SMILES string of the molecule is CC(C)OC(=O)c1c(NC(=O)[C@@H]2[C@@H](C(=O)O)[C@H]3C=C[C@H]2C3)sc2c1CCCCC2. The van der Waals surface area contributed by atoms with Crippen LogP contribution in [0.15, 0.2) is 12.2 Å². The van der Waals surface area contributed by atoms with Gasteiger partial charge >= 0.3 is 11.9 Å². The zero-order valence-corrected chi connectivity index (χ0v) is 17.6. The first kappa shape index (κ1) is 20.1. The van der Waals surface area contributed by atoms with E-state index in [0.29, 0.717) is 17.0 Å². The number of allylic oxidation sites excluding steroid dienone is 2. The molecule has 3 aliphatic carbocycles. The number of carbonyl (C=O) groups is 3. The molecule has 1 aromatic heterocycles. The largest absolute Gasteiger partial charge is 0.481 e. The second-order valence-corrected chi connectivity index (χ2v) is 9.66. The second-order valence-electron chi connectivity index (χ2n) is 8.55. The number of carboxylic acid groups (broad SMARTS) is 1. The predicted octanol–water partition coefficient (Wildman–Crippen LogP) is 4.04. The van der Waals surface area contributed by atoms with E-state index in [1.165, 1.54) is 11.3 Å². The van der Waals surface area contributed by atoms with Crippen LogP contribution in [0.5, 0.6) is 0 Å². The third-order valence-electron chi connectivity index (χ3n) is 6.25. The molecule has 0 unspecified atom stereocenters. The molecule has 29 heavy (non-hydrogen) atoms. The van der Waals surface area contributed by atoms with Crippen molar-refractivity contribution in [2.24, 2.45) is 23.7 Å². The number of hydrogen-bond donors (Lipinski definition) is 2. The normalized spacial score (nSPS) is 27.6. The van der Waals surface area contributed by atoms with E-state index < -0.39 is 23.8 Å². The molecular formula is C22H27NO5S. The Kier molecular flexibility index (Phi) is 5.51. The van der Waals surface area contributed by atoms with Crippen LogP contribution in [-0.2, 0) is 27.2 Å². The lowest BCUT2D eigenvalue weighted by molar-refractivity contribution is -0.146. The summed E-state index contributed by atoms with van der Waals surface area (Å²) in [6, 6.07) is 0. The van der Waals surface area contributed by atoms with Gasteiger partial charge in [0.1, 0.15) is 5.00 Å². The summed E-state index contributed by atoms with van der Waals surface area (Å²) in [4.78, 5) is 38.9. The molecule has 0 aliphatic heterocycles. The fraction of sp³-hybridized carbons (Fsp3) is 0.591. The molecule has 2 bridgehead atoms. The average Bonchev–Trinajstić information content (AvgIpc) is 3.30. The van der Waals surface area contributed by atoms with Gasteiger partial charge in [-0.15, -0.1) is 11.3 Å². The summed E-state index contributed by atoms with van der Waals surface area (Å²) >= 11 is 1.45. The van der Waals surface area contributed by atoms with Crippen LogP contribution in [0, 0.1) is 23.7 Å². The lowest BCUT2D eigenvalue weighted by Gasteiger charge is -2.23. The summed E-state index contributed by atoms with van der Waals surface area (Å²) in [5.74, 6) is -3.07. The van der Waals surface area contributed by atoms with E-state index in [-0.39, 0.29) is 23.8 Å². The Morgan fingerprint density at radius 1 is 1.10 bits per heavy atom. The highest BCUT2D eigenvalue weighted by atomic mass is 32.1. The van der Waals surface area contributed by atoms with Crippen LogP contribution in [0.2, 0.25) is 0 Å². The van der Waals surface area contributed by atoms with E-state index >= 15 is 0 Å². The molecule has 0 radical (unpaired) electrons. The molecule has 4 rings (SSSR count). The predicted molar refractivity (Wildman–Crippen MR) is 110 cm³/mol. The Balaban J connectivity index is 1.64. The minimum Gasteiger partial charge on any atom is -0.481 e.